The van der Waals surface area contributed by atoms with Gasteiger partial charge in [0.2, 0.25) is 0 Å². The van der Waals surface area contributed by atoms with Gasteiger partial charge in [-0.05, 0) is 66.0 Å². The second kappa shape index (κ2) is 19.5. The van der Waals surface area contributed by atoms with E-state index < -0.39 is 0 Å². The van der Waals surface area contributed by atoms with Crippen molar-refractivity contribution in [3.63, 3.8) is 0 Å². The van der Waals surface area contributed by atoms with Gasteiger partial charge in [-0.25, -0.2) is 0 Å². The van der Waals surface area contributed by atoms with Gasteiger partial charge in [0.1, 0.15) is 0 Å². The van der Waals surface area contributed by atoms with Crippen molar-refractivity contribution in [3.05, 3.63) is 71.1 Å². The summed E-state index contributed by atoms with van der Waals surface area (Å²) >= 11 is 1.85. The summed E-state index contributed by atoms with van der Waals surface area (Å²) in [6.45, 7) is 16.1. The topological polar surface area (TPSA) is 0 Å². The Balaban J connectivity index is 0.000000183. The summed E-state index contributed by atoms with van der Waals surface area (Å²) < 4.78 is 1.39. The Hall–Kier alpha value is -1.60. The first kappa shape index (κ1) is 33.6. The largest absolute Gasteiger partial charge is 0.141 e. The maximum atomic E-state index is 2.41. The van der Waals surface area contributed by atoms with Crippen molar-refractivity contribution in [2.75, 3.05) is 0 Å². The van der Waals surface area contributed by atoms with Gasteiger partial charge in [0.15, 0.2) is 0 Å². The van der Waals surface area contributed by atoms with Gasteiger partial charge in [0.25, 0.3) is 0 Å². The predicted octanol–water partition coefficient (Wildman–Crippen LogP) is 13.2. The van der Waals surface area contributed by atoms with E-state index in [1.54, 1.807) is 0 Å². The molecule has 0 aliphatic heterocycles. The van der Waals surface area contributed by atoms with Gasteiger partial charge in [-0.15, -0.1) is 11.3 Å². The molecule has 1 heteroatoms. The van der Waals surface area contributed by atoms with E-state index in [1.165, 1.54) is 97.6 Å². The average molecular weight is 549 g/mol. The van der Waals surface area contributed by atoms with Gasteiger partial charge in [0, 0.05) is 9.58 Å². The number of benzene rings is 2. The fraction of sp³-hybridized carbons (Fsp3) is 0.632. The van der Waals surface area contributed by atoms with Crippen LogP contribution in [-0.2, 0) is 0 Å². The molecule has 5 rings (SSSR count). The van der Waals surface area contributed by atoms with Crippen LogP contribution in [0.2, 0.25) is 0 Å². The highest BCUT2D eigenvalue weighted by Crippen LogP contribution is 2.31. The fourth-order valence-corrected chi connectivity index (χ4v) is 6.89. The van der Waals surface area contributed by atoms with E-state index in [0.29, 0.717) is 5.92 Å². The van der Waals surface area contributed by atoms with Crippen LogP contribution in [-0.4, -0.2) is 0 Å². The van der Waals surface area contributed by atoms with Crippen LogP contribution < -0.4 is 0 Å². The molecule has 2 aliphatic carbocycles. The van der Waals surface area contributed by atoms with Gasteiger partial charge in [0.05, 0.1) is 0 Å². The Morgan fingerprint density at radius 1 is 0.667 bits per heavy atom. The van der Waals surface area contributed by atoms with Crippen LogP contribution in [0.25, 0.3) is 10.1 Å². The Morgan fingerprint density at radius 3 is 1.69 bits per heavy atom. The summed E-state index contributed by atoms with van der Waals surface area (Å²) in [6.07, 6.45) is 17.6. The Kier molecular flexibility index (Phi) is 16.8. The van der Waals surface area contributed by atoms with E-state index in [-0.39, 0.29) is 0 Å². The first-order chi connectivity index (χ1) is 18.8. The van der Waals surface area contributed by atoms with E-state index in [9.17, 15) is 0 Å². The Bertz CT molecular complexity index is 939. The molecule has 3 aromatic rings. The third-order valence-electron chi connectivity index (χ3n) is 9.22. The van der Waals surface area contributed by atoms with Gasteiger partial charge in [-0.2, -0.15) is 0 Å². The molecule has 1 heterocycles. The number of thiophene rings is 1. The molecule has 1 aromatic heterocycles. The van der Waals surface area contributed by atoms with Crippen molar-refractivity contribution in [2.24, 2.45) is 23.7 Å². The summed E-state index contributed by atoms with van der Waals surface area (Å²) in [5.74, 6) is 4.75. The molecule has 2 atom stereocenters. The molecule has 2 aromatic carbocycles. The number of rotatable bonds is 5. The zero-order valence-corrected chi connectivity index (χ0v) is 27.4. The van der Waals surface area contributed by atoms with Crippen molar-refractivity contribution < 1.29 is 0 Å². The number of hydrogen-bond donors (Lipinski definition) is 0. The maximum absolute atomic E-state index is 2.41. The first-order valence-electron chi connectivity index (χ1n) is 16.4. The standard InChI is InChI=1S/C10H20.C10H14.C9H8S.C9H18/c2*1-3-9(2)10-7-5-4-6-8-10;1-7-6-8-4-2-3-5-9(8)10-7;1-8(2)9-6-4-3-5-7-9/h9-10H,3-8H2,1-2H3;4-9H,3H2,1-2H3;2-6H,1H3;8-9H,3-7H2,1-2H3. The molecule has 0 nitrogen and oxygen atoms in total. The highest BCUT2D eigenvalue weighted by Gasteiger charge is 2.18. The van der Waals surface area contributed by atoms with Crippen LogP contribution in [0.1, 0.15) is 135 Å². The van der Waals surface area contributed by atoms with Crippen LogP contribution in [0.3, 0.4) is 0 Å². The zero-order valence-electron chi connectivity index (χ0n) is 26.6. The third kappa shape index (κ3) is 13.1. The molecule has 0 N–H and O–H groups in total. The van der Waals surface area contributed by atoms with Gasteiger partial charge in [-0.1, -0.05) is 161 Å². The highest BCUT2D eigenvalue weighted by atomic mass is 32.1. The summed E-state index contributed by atoms with van der Waals surface area (Å²) in [5.41, 5.74) is 1.45. The molecule has 2 aliphatic rings. The lowest BCUT2D eigenvalue weighted by molar-refractivity contribution is 0.258. The fourth-order valence-electron chi connectivity index (χ4n) is 5.97. The molecule has 218 valence electrons. The van der Waals surface area contributed by atoms with Crippen molar-refractivity contribution in [2.45, 2.75) is 131 Å². The van der Waals surface area contributed by atoms with Crippen LogP contribution >= 0.6 is 11.3 Å². The van der Waals surface area contributed by atoms with E-state index in [0.717, 1.165) is 23.7 Å². The van der Waals surface area contributed by atoms with Crippen LogP contribution in [0.15, 0.2) is 60.7 Å². The molecule has 0 amide bonds. The number of fused-ring (bicyclic) bond motifs is 1. The minimum Gasteiger partial charge on any atom is -0.141 e. The Labute approximate surface area is 247 Å². The van der Waals surface area contributed by atoms with Crippen LogP contribution in [0.4, 0.5) is 0 Å². The lowest BCUT2D eigenvalue weighted by Crippen LogP contribution is -2.14. The maximum Gasteiger partial charge on any atom is 0.0345 e. The molecule has 2 unspecified atom stereocenters. The molecular formula is C38H60S. The third-order valence-corrected chi connectivity index (χ3v) is 10.3. The lowest BCUT2D eigenvalue weighted by Gasteiger charge is -2.26. The molecule has 2 fully saturated rings. The van der Waals surface area contributed by atoms with Crippen LogP contribution in [0.5, 0.6) is 0 Å². The average Bonchev–Trinajstić information content (AvgIpc) is 3.38. The van der Waals surface area contributed by atoms with E-state index >= 15 is 0 Å². The Morgan fingerprint density at radius 2 is 1.21 bits per heavy atom. The zero-order chi connectivity index (χ0) is 28.5. The summed E-state index contributed by atoms with van der Waals surface area (Å²) in [4.78, 5) is 1.39. The second-order valence-electron chi connectivity index (χ2n) is 12.5. The minimum absolute atomic E-state index is 0.709. The summed E-state index contributed by atoms with van der Waals surface area (Å²) in [7, 11) is 0. The highest BCUT2D eigenvalue weighted by molar-refractivity contribution is 7.19. The molecule has 2 saturated carbocycles. The molecule has 0 radical (unpaired) electrons. The van der Waals surface area contributed by atoms with Crippen molar-refractivity contribution >= 4 is 21.4 Å². The quantitative estimate of drug-likeness (QED) is 0.297. The smallest absolute Gasteiger partial charge is 0.0345 e. The normalized spacial score (nSPS) is 17.6. The van der Waals surface area contributed by atoms with Gasteiger partial charge >= 0.3 is 0 Å². The summed E-state index contributed by atoms with van der Waals surface area (Å²) in [5, 5.41) is 1.37. The number of hydrogen-bond acceptors (Lipinski definition) is 1. The molecular weight excluding hydrogens is 488 g/mol. The van der Waals surface area contributed by atoms with E-state index in [2.05, 4.69) is 109 Å². The first-order valence-corrected chi connectivity index (χ1v) is 17.2. The predicted molar refractivity (Wildman–Crippen MR) is 179 cm³/mol. The van der Waals surface area contributed by atoms with Crippen molar-refractivity contribution in [3.8, 4) is 0 Å². The van der Waals surface area contributed by atoms with Gasteiger partial charge < -0.3 is 0 Å². The SMILES string of the molecule is CC(C)C1CCCCC1.CCC(C)C1CCCCC1.CCC(C)c1ccccc1.Cc1cc2ccccc2s1. The lowest BCUT2D eigenvalue weighted by atomic mass is 9.80. The second-order valence-corrected chi connectivity index (χ2v) is 13.8. The summed E-state index contributed by atoms with van der Waals surface area (Å²) in [6, 6.07) is 21.3. The van der Waals surface area contributed by atoms with E-state index in [1.807, 2.05) is 11.3 Å². The molecule has 0 saturated heterocycles. The van der Waals surface area contributed by atoms with Crippen molar-refractivity contribution in [1.29, 1.82) is 0 Å². The van der Waals surface area contributed by atoms with Crippen molar-refractivity contribution in [1.82, 2.24) is 0 Å². The van der Waals surface area contributed by atoms with E-state index in [4.69, 9.17) is 0 Å². The van der Waals surface area contributed by atoms with Gasteiger partial charge in [-0.3, -0.25) is 0 Å². The minimum atomic E-state index is 0.709. The monoisotopic (exact) mass is 548 g/mol. The molecule has 0 spiro atoms. The number of aryl methyl sites for hydroxylation is 1. The molecule has 39 heavy (non-hydrogen) atoms. The van der Waals surface area contributed by atoms with Crippen LogP contribution in [0, 0.1) is 30.6 Å². The molecule has 0 bridgehead atoms.